The Labute approximate surface area is 140 Å². The van der Waals surface area contributed by atoms with Crippen LogP contribution in [0.5, 0.6) is 0 Å². The van der Waals surface area contributed by atoms with Crippen molar-refractivity contribution in [1.29, 1.82) is 0 Å². The van der Waals surface area contributed by atoms with Crippen molar-refractivity contribution < 1.29 is 13.2 Å². The van der Waals surface area contributed by atoms with E-state index in [2.05, 4.69) is 27.1 Å². The van der Waals surface area contributed by atoms with Crippen molar-refractivity contribution in [2.45, 2.75) is 12.6 Å². The molecule has 0 aliphatic rings. The third kappa shape index (κ3) is 3.66. The van der Waals surface area contributed by atoms with Crippen molar-refractivity contribution >= 4 is 27.4 Å². The van der Waals surface area contributed by atoms with Crippen molar-refractivity contribution in [3.8, 4) is 11.8 Å². The molecule has 3 nitrogen and oxygen atoms in total. The number of fused-ring (bicyclic) bond motifs is 1. The molecule has 0 saturated heterocycles. The maximum absolute atomic E-state index is 12.9. The van der Waals surface area contributed by atoms with Crippen molar-refractivity contribution in [2.75, 3.05) is 11.9 Å². The molecule has 0 radical (unpaired) electrons. The molecular weight excluding hydrogens is 335 g/mol. The van der Waals surface area contributed by atoms with Crippen molar-refractivity contribution in [1.82, 2.24) is 9.97 Å². The minimum Gasteiger partial charge on any atom is -0.368 e. The van der Waals surface area contributed by atoms with Gasteiger partial charge in [-0.3, -0.25) is 0 Å². The first kappa shape index (κ1) is 16.3. The highest BCUT2D eigenvalue weighted by Gasteiger charge is 2.32. The first-order valence-electron chi connectivity index (χ1n) is 7.13. The fourth-order valence-corrected chi connectivity index (χ4v) is 2.90. The van der Waals surface area contributed by atoms with Crippen molar-refractivity contribution in [3.05, 3.63) is 53.2 Å². The molecule has 7 heteroatoms. The van der Waals surface area contributed by atoms with Crippen LogP contribution >= 0.6 is 11.3 Å². The van der Waals surface area contributed by atoms with E-state index < -0.39 is 11.7 Å². The van der Waals surface area contributed by atoms with Crippen LogP contribution in [0.4, 0.5) is 19.0 Å². The maximum Gasteiger partial charge on any atom is 0.417 e. The molecule has 0 aliphatic heterocycles. The zero-order valence-corrected chi connectivity index (χ0v) is 13.2. The van der Waals surface area contributed by atoms with Crippen LogP contribution in [0, 0.1) is 11.8 Å². The number of thiophene rings is 1. The fraction of sp³-hybridized carbons (Fsp3) is 0.176. The minimum absolute atomic E-state index is 0.00717. The zero-order valence-electron chi connectivity index (χ0n) is 12.4. The van der Waals surface area contributed by atoms with E-state index >= 15 is 0 Å². The summed E-state index contributed by atoms with van der Waals surface area (Å²) in [6, 6.07) is 7.25. The first-order valence-corrected chi connectivity index (χ1v) is 8.01. The summed E-state index contributed by atoms with van der Waals surface area (Å²) in [5, 5.41) is 5.99. The lowest BCUT2D eigenvalue weighted by molar-refractivity contribution is -0.137. The molecule has 0 bridgehead atoms. The predicted molar refractivity (Wildman–Crippen MR) is 88.8 cm³/mol. The molecule has 2 heterocycles. The molecule has 24 heavy (non-hydrogen) atoms. The van der Waals surface area contributed by atoms with Gasteiger partial charge >= 0.3 is 6.18 Å². The Bertz CT molecular complexity index is 906. The predicted octanol–water partition coefficient (Wildman–Crippen LogP) is 4.56. The number of alkyl halides is 3. The maximum atomic E-state index is 12.9. The second-order valence-corrected chi connectivity index (χ2v) is 5.78. The minimum atomic E-state index is -4.39. The average Bonchev–Trinajstić information content (AvgIpc) is 3.03. The SMILES string of the molecule is FC(F)(F)c1ccccc1C#CCCNc1ncnc2sccc12. The Morgan fingerprint density at radius 3 is 2.79 bits per heavy atom. The summed E-state index contributed by atoms with van der Waals surface area (Å²) in [7, 11) is 0. The molecule has 0 atom stereocenters. The van der Waals surface area contributed by atoms with Crippen LogP contribution in [0.3, 0.4) is 0 Å². The van der Waals surface area contributed by atoms with Gasteiger partial charge in [-0.25, -0.2) is 9.97 Å². The van der Waals surface area contributed by atoms with E-state index in [0.29, 0.717) is 18.8 Å². The molecule has 0 amide bonds. The Morgan fingerprint density at radius 2 is 1.96 bits per heavy atom. The van der Waals surface area contributed by atoms with Crippen LogP contribution in [0.15, 0.2) is 42.0 Å². The lowest BCUT2D eigenvalue weighted by Gasteiger charge is -2.08. The van der Waals surface area contributed by atoms with Gasteiger partial charge in [-0.1, -0.05) is 24.0 Å². The quantitative estimate of drug-likeness (QED) is 0.557. The van der Waals surface area contributed by atoms with E-state index in [4.69, 9.17) is 0 Å². The van der Waals surface area contributed by atoms with Gasteiger partial charge in [0.2, 0.25) is 0 Å². The van der Waals surface area contributed by atoms with Crippen LogP contribution in [-0.4, -0.2) is 16.5 Å². The number of hydrogen-bond acceptors (Lipinski definition) is 4. The molecule has 122 valence electrons. The van der Waals surface area contributed by atoms with Gasteiger partial charge in [-0.15, -0.1) is 11.3 Å². The number of nitrogens with zero attached hydrogens (tertiary/aromatic N) is 2. The van der Waals surface area contributed by atoms with E-state index in [1.165, 1.54) is 29.8 Å². The number of rotatable bonds is 3. The molecule has 1 N–H and O–H groups in total. The fourth-order valence-electron chi connectivity index (χ4n) is 2.17. The smallest absolute Gasteiger partial charge is 0.368 e. The summed E-state index contributed by atoms with van der Waals surface area (Å²) < 4.78 is 38.6. The van der Waals surface area contributed by atoms with Crippen LogP contribution in [0.1, 0.15) is 17.5 Å². The van der Waals surface area contributed by atoms with Gasteiger partial charge in [-0.05, 0) is 23.6 Å². The normalized spacial score (nSPS) is 11.1. The first-order chi connectivity index (χ1) is 11.6. The molecule has 3 aromatic rings. The molecule has 0 fully saturated rings. The summed E-state index contributed by atoms with van der Waals surface area (Å²) >= 11 is 1.52. The molecule has 0 aliphatic carbocycles. The molecular formula is C17H12F3N3S. The van der Waals surface area contributed by atoms with Gasteiger partial charge in [-0.2, -0.15) is 13.2 Å². The van der Waals surface area contributed by atoms with Crippen LogP contribution in [0.25, 0.3) is 10.2 Å². The highest BCUT2D eigenvalue weighted by molar-refractivity contribution is 7.16. The molecule has 0 spiro atoms. The van der Waals surface area contributed by atoms with E-state index in [9.17, 15) is 13.2 Å². The van der Waals surface area contributed by atoms with Gasteiger partial charge in [0.1, 0.15) is 17.0 Å². The number of anilines is 1. The summed E-state index contributed by atoms with van der Waals surface area (Å²) in [4.78, 5) is 9.21. The van der Waals surface area contributed by atoms with E-state index in [1.54, 1.807) is 6.07 Å². The van der Waals surface area contributed by atoms with Crippen LogP contribution < -0.4 is 5.32 Å². The standard InChI is InChI=1S/C17H12F3N3S/c18-17(19,20)14-7-2-1-5-12(14)6-3-4-9-21-15-13-8-10-24-16(13)23-11-22-15/h1-2,5,7-8,10-11H,4,9H2,(H,21,22,23). The number of halogens is 3. The highest BCUT2D eigenvalue weighted by Crippen LogP contribution is 2.31. The number of aromatic nitrogens is 2. The molecule has 2 aromatic heterocycles. The third-order valence-electron chi connectivity index (χ3n) is 3.26. The number of hydrogen-bond donors (Lipinski definition) is 1. The van der Waals surface area contributed by atoms with Crippen molar-refractivity contribution in [2.24, 2.45) is 0 Å². The molecule has 1 aromatic carbocycles. The summed E-state index contributed by atoms with van der Waals surface area (Å²) in [6.07, 6.45) is -2.51. The Balaban J connectivity index is 1.64. The van der Waals surface area contributed by atoms with E-state index in [-0.39, 0.29) is 5.56 Å². The summed E-state index contributed by atoms with van der Waals surface area (Å²) in [5.74, 6) is 6.08. The summed E-state index contributed by atoms with van der Waals surface area (Å²) in [6.45, 7) is 0.489. The second-order valence-electron chi connectivity index (χ2n) is 4.88. The van der Waals surface area contributed by atoms with Gasteiger partial charge in [0, 0.05) is 18.5 Å². The topological polar surface area (TPSA) is 37.8 Å². The number of benzene rings is 1. The van der Waals surface area contributed by atoms with E-state index in [0.717, 1.165) is 16.3 Å². The van der Waals surface area contributed by atoms with Gasteiger partial charge in [0.25, 0.3) is 0 Å². The molecule has 0 saturated carbocycles. The highest BCUT2D eigenvalue weighted by atomic mass is 32.1. The zero-order chi connectivity index (χ0) is 17.0. The van der Waals surface area contributed by atoms with Crippen molar-refractivity contribution in [3.63, 3.8) is 0 Å². The monoisotopic (exact) mass is 347 g/mol. The van der Waals surface area contributed by atoms with Crippen LogP contribution in [-0.2, 0) is 6.18 Å². The lowest BCUT2D eigenvalue weighted by atomic mass is 10.1. The lowest BCUT2D eigenvalue weighted by Crippen LogP contribution is -2.07. The van der Waals surface area contributed by atoms with Crippen LogP contribution in [0.2, 0.25) is 0 Å². The molecule has 0 unspecified atom stereocenters. The third-order valence-corrected chi connectivity index (χ3v) is 4.08. The van der Waals surface area contributed by atoms with Gasteiger partial charge < -0.3 is 5.32 Å². The Morgan fingerprint density at radius 1 is 1.12 bits per heavy atom. The second kappa shape index (κ2) is 6.89. The largest absolute Gasteiger partial charge is 0.417 e. The number of nitrogens with one attached hydrogen (secondary N) is 1. The molecule has 3 rings (SSSR count). The Hall–Kier alpha value is -2.59. The average molecular weight is 347 g/mol. The van der Waals surface area contributed by atoms with E-state index in [1.807, 2.05) is 11.4 Å². The Kier molecular flexibility index (Phi) is 4.67. The van der Waals surface area contributed by atoms with Gasteiger partial charge in [0.05, 0.1) is 10.9 Å². The van der Waals surface area contributed by atoms with Gasteiger partial charge in [0.15, 0.2) is 0 Å². The summed E-state index contributed by atoms with van der Waals surface area (Å²) in [5.41, 5.74) is -0.714.